The Hall–Kier alpha value is -2.93. The minimum atomic E-state index is -0.904. The molecule has 0 saturated carbocycles. The van der Waals surface area contributed by atoms with Gasteiger partial charge >= 0.3 is 0 Å². The largest absolute Gasteiger partial charge is 0.497 e. The summed E-state index contributed by atoms with van der Waals surface area (Å²) in [5.41, 5.74) is 0.558. The van der Waals surface area contributed by atoms with Crippen molar-refractivity contribution in [3.63, 3.8) is 0 Å². The van der Waals surface area contributed by atoms with Crippen LogP contribution in [0.25, 0.3) is 0 Å². The fraction of sp³-hybridized carbons (Fsp3) is 0.409. The fourth-order valence-electron chi connectivity index (χ4n) is 2.77. The number of aliphatic hydroxyl groups is 1. The lowest BCUT2D eigenvalue weighted by atomic mass is 10.1. The van der Waals surface area contributed by atoms with E-state index in [1.165, 1.54) is 7.11 Å². The van der Waals surface area contributed by atoms with Gasteiger partial charge < -0.3 is 29.4 Å². The van der Waals surface area contributed by atoms with Crippen LogP contribution in [0.15, 0.2) is 42.5 Å². The van der Waals surface area contributed by atoms with Crippen molar-refractivity contribution in [2.24, 2.45) is 0 Å². The molecule has 0 saturated heterocycles. The highest BCUT2D eigenvalue weighted by atomic mass is 16.5. The first-order valence-corrected chi connectivity index (χ1v) is 9.60. The number of methoxy groups -OCH3 is 2. The Balaban J connectivity index is 1.76. The maximum Gasteiger partial charge on any atom is 0.220 e. The number of hydrogen-bond acceptors (Lipinski definition) is 6. The molecule has 2 rings (SSSR count). The molecule has 2 aromatic carbocycles. The van der Waals surface area contributed by atoms with Gasteiger partial charge in [0.2, 0.25) is 5.91 Å². The first kappa shape index (κ1) is 22.4. The maximum atomic E-state index is 12.1. The van der Waals surface area contributed by atoms with Gasteiger partial charge in [-0.05, 0) is 43.7 Å². The highest BCUT2D eigenvalue weighted by molar-refractivity contribution is 5.75. The lowest BCUT2D eigenvalue weighted by Crippen LogP contribution is -2.28. The second kappa shape index (κ2) is 11.8. The normalized spacial score (nSPS) is 11.4. The fourth-order valence-corrected chi connectivity index (χ4v) is 2.77. The Kier molecular flexibility index (Phi) is 9.11. The smallest absolute Gasteiger partial charge is 0.220 e. The molecule has 7 heteroatoms. The molecule has 158 valence electrons. The van der Waals surface area contributed by atoms with Crippen LogP contribution < -0.4 is 24.3 Å². The van der Waals surface area contributed by atoms with E-state index in [0.717, 1.165) is 0 Å². The highest BCUT2D eigenvalue weighted by Gasteiger charge is 2.15. The van der Waals surface area contributed by atoms with Crippen molar-refractivity contribution in [2.75, 3.05) is 34.0 Å². The quantitative estimate of drug-likeness (QED) is 0.530. The molecule has 0 radical (unpaired) electrons. The van der Waals surface area contributed by atoms with Crippen LogP contribution in [-0.2, 0) is 4.79 Å². The lowest BCUT2D eigenvalue weighted by Gasteiger charge is -2.16. The zero-order valence-corrected chi connectivity index (χ0v) is 17.1. The summed E-state index contributed by atoms with van der Waals surface area (Å²) in [6.45, 7) is 2.94. The van der Waals surface area contributed by atoms with Gasteiger partial charge in [-0.2, -0.15) is 0 Å². The minimum Gasteiger partial charge on any atom is -0.497 e. The van der Waals surface area contributed by atoms with Crippen LogP contribution in [0.1, 0.15) is 31.4 Å². The number of para-hydroxylation sites is 2. The van der Waals surface area contributed by atoms with Crippen molar-refractivity contribution < 1.29 is 28.8 Å². The molecule has 2 aromatic rings. The van der Waals surface area contributed by atoms with Crippen molar-refractivity contribution in [3.8, 4) is 23.0 Å². The van der Waals surface area contributed by atoms with Crippen LogP contribution in [-0.4, -0.2) is 45.0 Å². The van der Waals surface area contributed by atoms with Crippen molar-refractivity contribution in [1.29, 1.82) is 0 Å². The Labute approximate surface area is 171 Å². The van der Waals surface area contributed by atoms with Gasteiger partial charge in [-0.3, -0.25) is 4.79 Å². The SMILES string of the molecule is CCOc1ccccc1OCCCC(=O)NCC(O)c1cc(OC)ccc1OC. The van der Waals surface area contributed by atoms with E-state index in [4.69, 9.17) is 18.9 Å². The van der Waals surface area contributed by atoms with Crippen LogP contribution >= 0.6 is 0 Å². The molecule has 1 amide bonds. The van der Waals surface area contributed by atoms with Gasteiger partial charge in [-0.25, -0.2) is 0 Å². The van der Waals surface area contributed by atoms with Crippen LogP contribution in [0.4, 0.5) is 0 Å². The molecule has 0 aliphatic heterocycles. The van der Waals surface area contributed by atoms with E-state index in [9.17, 15) is 9.90 Å². The third-order valence-electron chi connectivity index (χ3n) is 4.24. The molecular formula is C22H29NO6. The molecule has 0 aliphatic carbocycles. The first-order chi connectivity index (χ1) is 14.1. The van der Waals surface area contributed by atoms with E-state index in [-0.39, 0.29) is 12.5 Å². The van der Waals surface area contributed by atoms with Gasteiger partial charge in [-0.15, -0.1) is 0 Å². The number of aliphatic hydroxyl groups excluding tert-OH is 1. The van der Waals surface area contributed by atoms with Crippen molar-refractivity contribution in [3.05, 3.63) is 48.0 Å². The van der Waals surface area contributed by atoms with Gasteiger partial charge in [0.1, 0.15) is 11.5 Å². The van der Waals surface area contributed by atoms with Crippen molar-refractivity contribution in [1.82, 2.24) is 5.32 Å². The summed E-state index contributed by atoms with van der Waals surface area (Å²) in [6, 6.07) is 12.6. The monoisotopic (exact) mass is 403 g/mol. The molecule has 29 heavy (non-hydrogen) atoms. The number of amides is 1. The number of carbonyl (C=O) groups is 1. The average Bonchev–Trinajstić information content (AvgIpc) is 2.75. The molecule has 0 aliphatic rings. The van der Waals surface area contributed by atoms with Crippen LogP contribution in [0.3, 0.4) is 0 Å². The second-order valence-corrected chi connectivity index (χ2v) is 6.26. The zero-order valence-electron chi connectivity index (χ0n) is 17.1. The Morgan fingerprint density at radius 3 is 2.41 bits per heavy atom. The molecule has 0 heterocycles. The molecule has 0 aromatic heterocycles. The van der Waals surface area contributed by atoms with E-state index in [2.05, 4.69) is 5.32 Å². The van der Waals surface area contributed by atoms with Gasteiger partial charge in [0.15, 0.2) is 11.5 Å². The molecule has 0 bridgehead atoms. The molecule has 1 unspecified atom stereocenters. The third kappa shape index (κ3) is 6.87. The minimum absolute atomic E-state index is 0.0798. The van der Waals surface area contributed by atoms with Crippen molar-refractivity contribution >= 4 is 5.91 Å². The molecule has 7 nitrogen and oxygen atoms in total. The summed E-state index contributed by atoms with van der Waals surface area (Å²) in [6.07, 6.45) is -0.0674. The number of ether oxygens (including phenoxy) is 4. The van der Waals surface area contributed by atoms with Gasteiger partial charge in [0, 0.05) is 18.5 Å². The number of hydrogen-bond donors (Lipinski definition) is 2. The molecule has 1 atom stereocenters. The highest BCUT2D eigenvalue weighted by Crippen LogP contribution is 2.29. The summed E-state index contributed by atoms with van der Waals surface area (Å²) < 4.78 is 21.7. The van der Waals surface area contributed by atoms with Crippen molar-refractivity contribution in [2.45, 2.75) is 25.9 Å². The molecule has 2 N–H and O–H groups in total. The molecule has 0 spiro atoms. The standard InChI is InChI=1S/C22H29NO6/c1-4-28-20-8-5-6-9-21(20)29-13-7-10-22(25)23-15-18(24)17-14-16(26-2)11-12-19(17)27-3/h5-6,8-9,11-12,14,18,24H,4,7,10,13,15H2,1-3H3,(H,23,25). The Morgan fingerprint density at radius 1 is 1.03 bits per heavy atom. The summed E-state index contributed by atoms with van der Waals surface area (Å²) in [5, 5.41) is 13.1. The average molecular weight is 403 g/mol. The Morgan fingerprint density at radius 2 is 1.76 bits per heavy atom. The first-order valence-electron chi connectivity index (χ1n) is 9.60. The van der Waals surface area contributed by atoms with E-state index in [1.54, 1.807) is 25.3 Å². The number of benzene rings is 2. The van der Waals surface area contributed by atoms with E-state index in [1.807, 2.05) is 31.2 Å². The Bertz CT molecular complexity index is 780. The number of rotatable bonds is 12. The van der Waals surface area contributed by atoms with E-state index in [0.29, 0.717) is 54.6 Å². The summed E-state index contributed by atoms with van der Waals surface area (Å²) in [4.78, 5) is 12.1. The van der Waals surface area contributed by atoms with Gasteiger partial charge in [-0.1, -0.05) is 12.1 Å². The third-order valence-corrected chi connectivity index (χ3v) is 4.24. The van der Waals surface area contributed by atoms with Crippen LogP contribution in [0.2, 0.25) is 0 Å². The van der Waals surface area contributed by atoms with Gasteiger partial charge in [0.05, 0.1) is 33.5 Å². The van der Waals surface area contributed by atoms with Crippen LogP contribution in [0.5, 0.6) is 23.0 Å². The zero-order chi connectivity index (χ0) is 21.1. The maximum absolute atomic E-state index is 12.1. The predicted octanol–water partition coefficient (Wildman–Crippen LogP) is 3.11. The number of carbonyl (C=O) groups excluding carboxylic acids is 1. The van der Waals surface area contributed by atoms with E-state index < -0.39 is 6.10 Å². The van der Waals surface area contributed by atoms with E-state index >= 15 is 0 Å². The summed E-state index contributed by atoms with van der Waals surface area (Å²) in [7, 11) is 3.08. The van der Waals surface area contributed by atoms with Crippen LogP contribution in [0, 0.1) is 0 Å². The molecule has 0 fully saturated rings. The predicted molar refractivity (Wildman–Crippen MR) is 110 cm³/mol. The second-order valence-electron chi connectivity index (χ2n) is 6.26. The number of nitrogens with one attached hydrogen (secondary N) is 1. The van der Waals surface area contributed by atoms with Gasteiger partial charge in [0.25, 0.3) is 0 Å². The topological polar surface area (TPSA) is 86.3 Å². The summed E-state index contributed by atoms with van der Waals surface area (Å²) in [5.74, 6) is 2.34. The summed E-state index contributed by atoms with van der Waals surface area (Å²) >= 11 is 0. The molecular weight excluding hydrogens is 374 g/mol. The lowest BCUT2D eigenvalue weighted by molar-refractivity contribution is -0.121.